The third-order valence-corrected chi connectivity index (χ3v) is 3.85. The van der Waals surface area contributed by atoms with Gasteiger partial charge in [0.05, 0.1) is 17.7 Å². The second-order valence-corrected chi connectivity index (χ2v) is 5.30. The van der Waals surface area contributed by atoms with Crippen molar-refractivity contribution < 1.29 is 19.5 Å². The van der Waals surface area contributed by atoms with E-state index in [1.807, 2.05) is 0 Å². The van der Waals surface area contributed by atoms with Crippen LogP contribution in [-0.2, 0) is 9.59 Å². The van der Waals surface area contributed by atoms with E-state index in [0.29, 0.717) is 17.0 Å². The number of rotatable bonds is 8. The van der Waals surface area contributed by atoms with E-state index in [1.165, 1.54) is 16.7 Å². The Labute approximate surface area is 127 Å². The summed E-state index contributed by atoms with van der Waals surface area (Å²) in [6.45, 7) is 2.36. The fraction of sp³-hybridized carbons (Fsp3) is 0.357. The average molecular weight is 310 g/mol. The van der Waals surface area contributed by atoms with Crippen molar-refractivity contribution >= 4 is 29.5 Å². The lowest BCUT2D eigenvalue weighted by atomic mass is 10.2. The summed E-state index contributed by atoms with van der Waals surface area (Å²) in [6, 6.07) is 6.90. The van der Waals surface area contributed by atoms with Crippen LogP contribution in [0.3, 0.4) is 0 Å². The number of primary amides is 1. The van der Waals surface area contributed by atoms with E-state index in [9.17, 15) is 14.4 Å². The number of carboxylic acid groups (broad SMARTS) is 1. The molecular formula is C14H18N2O4S. The molecule has 0 fully saturated rings. The minimum absolute atomic E-state index is 0.0888. The van der Waals surface area contributed by atoms with Crippen LogP contribution in [0.1, 0.15) is 23.7 Å². The van der Waals surface area contributed by atoms with Gasteiger partial charge in [-0.3, -0.25) is 14.4 Å². The average Bonchev–Trinajstić information content (AvgIpc) is 2.45. The zero-order chi connectivity index (χ0) is 15.8. The van der Waals surface area contributed by atoms with Gasteiger partial charge >= 0.3 is 5.97 Å². The Bertz CT molecular complexity index is 533. The number of amides is 2. The number of nitrogens with zero attached hydrogens (tertiary/aromatic N) is 1. The van der Waals surface area contributed by atoms with Gasteiger partial charge in [0.1, 0.15) is 0 Å². The van der Waals surface area contributed by atoms with Gasteiger partial charge in [-0.2, -0.15) is 0 Å². The van der Waals surface area contributed by atoms with Crippen molar-refractivity contribution in [3.8, 4) is 0 Å². The van der Waals surface area contributed by atoms with Crippen LogP contribution >= 0.6 is 11.8 Å². The van der Waals surface area contributed by atoms with Gasteiger partial charge in [0.25, 0.3) is 5.91 Å². The summed E-state index contributed by atoms with van der Waals surface area (Å²) in [4.78, 5) is 36.1. The predicted molar refractivity (Wildman–Crippen MR) is 80.2 cm³/mol. The number of thioether (sulfide) groups is 1. The number of carbonyl (C=O) groups excluding carboxylic acids is 2. The lowest BCUT2D eigenvalue weighted by Crippen LogP contribution is -2.33. The molecule has 0 aliphatic rings. The summed E-state index contributed by atoms with van der Waals surface area (Å²) in [5, 5.41) is 8.72. The summed E-state index contributed by atoms with van der Waals surface area (Å²) in [6.07, 6.45) is -0.101. The summed E-state index contributed by atoms with van der Waals surface area (Å²) >= 11 is 1.20. The first kappa shape index (κ1) is 17.0. The Kier molecular flexibility index (Phi) is 6.74. The Morgan fingerprint density at radius 2 is 1.95 bits per heavy atom. The highest BCUT2D eigenvalue weighted by Gasteiger charge is 2.18. The molecular weight excluding hydrogens is 292 g/mol. The number of carboxylic acids is 1. The van der Waals surface area contributed by atoms with Gasteiger partial charge in [0.15, 0.2) is 0 Å². The van der Waals surface area contributed by atoms with Crippen LogP contribution in [0.2, 0.25) is 0 Å². The van der Waals surface area contributed by atoms with Gasteiger partial charge in [0.2, 0.25) is 5.91 Å². The van der Waals surface area contributed by atoms with Crippen molar-refractivity contribution in [3.63, 3.8) is 0 Å². The molecule has 0 radical (unpaired) electrons. The highest BCUT2D eigenvalue weighted by molar-refractivity contribution is 8.00. The van der Waals surface area contributed by atoms with Crippen LogP contribution in [0, 0.1) is 0 Å². The molecule has 0 bridgehead atoms. The number of benzene rings is 1. The fourth-order valence-electron chi connectivity index (χ4n) is 1.72. The molecule has 0 unspecified atom stereocenters. The minimum atomic E-state index is -0.947. The van der Waals surface area contributed by atoms with Gasteiger partial charge in [-0.15, -0.1) is 11.8 Å². The Morgan fingerprint density at radius 1 is 1.29 bits per heavy atom. The lowest BCUT2D eigenvalue weighted by molar-refractivity contribution is -0.137. The van der Waals surface area contributed by atoms with Crippen LogP contribution in [0.5, 0.6) is 0 Å². The molecule has 3 N–H and O–H groups in total. The number of hydrogen-bond acceptors (Lipinski definition) is 4. The highest BCUT2D eigenvalue weighted by atomic mass is 32.2. The fourth-order valence-corrected chi connectivity index (χ4v) is 2.51. The van der Waals surface area contributed by atoms with Crippen LogP contribution in [0.4, 0.5) is 0 Å². The molecule has 114 valence electrons. The van der Waals surface area contributed by atoms with Crippen molar-refractivity contribution in [2.45, 2.75) is 18.2 Å². The van der Waals surface area contributed by atoms with E-state index >= 15 is 0 Å². The minimum Gasteiger partial charge on any atom is -0.481 e. The van der Waals surface area contributed by atoms with Crippen LogP contribution in [0.25, 0.3) is 0 Å². The normalized spacial score (nSPS) is 10.1. The van der Waals surface area contributed by atoms with Crippen molar-refractivity contribution in [2.24, 2.45) is 5.73 Å². The molecule has 0 aliphatic heterocycles. The Hall–Kier alpha value is -2.02. The SMILES string of the molecule is CCN(CCC(=O)O)C(=O)c1ccccc1SCC(N)=O. The quantitative estimate of drug-likeness (QED) is 0.703. The van der Waals surface area contributed by atoms with Crippen molar-refractivity contribution in [3.05, 3.63) is 29.8 Å². The van der Waals surface area contributed by atoms with E-state index in [-0.39, 0.29) is 24.6 Å². The maximum atomic E-state index is 12.5. The summed E-state index contributed by atoms with van der Waals surface area (Å²) in [5.41, 5.74) is 5.57. The van der Waals surface area contributed by atoms with E-state index in [0.717, 1.165) is 0 Å². The van der Waals surface area contributed by atoms with Gasteiger partial charge in [0, 0.05) is 18.0 Å². The molecule has 0 saturated heterocycles. The molecule has 0 aromatic heterocycles. The second kappa shape index (κ2) is 8.31. The van der Waals surface area contributed by atoms with Gasteiger partial charge in [-0.25, -0.2) is 0 Å². The van der Waals surface area contributed by atoms with Gasteiger partial charge in [-0.05, 0) is 19.1 Å². The molecule has 0 heterocycles. The molecule has 21 heavy (non-hydrogen) atoms. The number of carbonyl (C=O) groups is 3. The smallest absolute Gasteiger partial charge is 0.305 e. The van der Waals surface area contributed by atoms with Crippen molar-refractivity contribution in [1.82, 2.24) is 4.90 Å². The van der Waals surface area contributed by atoms with E-state index in [4.69, 9.17) is 10.8 Å². The van der Waals surface area contributed by atoms with Crippen molar-refractivity contribution in [1.29, 1.82) is 0 Å². The second-order valence-electron chi connectivity index (χ2n) is 4.28. The monoisotopic (exact) mass is 310 g/mol. The van der Waals surface area contributed by atoms with Crippen LogP contribution in [0.15, 0.2) is 29.2 Å². The lowest BCUT2D eigenvalue weighted by Gasteiger charge is -2.21. The Balaban J connectivity index is 2.88. The largest absolute Gasteiger partial charge is 0.481 e. The molecule has 1 aromatic carbocycles. The number of hydrogen-bond donors (Lipinski definition) is 2. The molecule has 7 heteroatoms. The molecule has 6 nitrogen and oxygen atoms in total. The maximum absolute atomic E-state index is 12.5. The van der Waals surface area contributed by atoms with Gasteiger partial charge in [-0.1, -0.05) is 12.1 Å². The Morgan fingerprint density at radius 3 is 2.52 bits per heavy atom. The standard InChI is InChI=1S/C14H18N2O4S/c1-2-16(8-7-13(18)19)14(20)10-5-3-4-6-11(10)21-9-12(15)17/h3-6H,2,7-9H2,1H3,(H2,15,17)(H,18,19). The summed E-state index contributed by atoms with van der Waals surface area (Å²) in [5.74, 6) is -1.56. The van der Waals surface area contributed by atoms with Crippen LogP contribution < -0.4 is 5.73 Å². The zero-order valence-corrected chi connectivity index (χ0v) is 12.6. The first-order valence-electron chi connectivity index (χ1n) is 6.47. The molecule has 0 aliphatic carbocycles. The number of aliphatic carboxylic acids is 1. The first-order chi connectivity index (χ1) is 9.95. The maximum Gasteiger partial charge on any atom is 0.305 e. The highest BCUT2D eigenvalue weighted by Crippen LogP contribution is 2.23. The van der Waals surface area contributed by atoms with Gasteiger partial charge < -0.3 is 15.7 Å². The molecule has 1 rings (SSSR count). The molecule has 0 atom stereocenters. The van der Waals surface area contributed by atoms with E-state index in [2.05, 4.69) is 0 Å². The van der Waals surface area contributed by atoms with E-state index < -0.39 is 11.9 Å². The van der Waals surface area contributed by atoms with E-state index in [1.54, 1.807) is 31.2 Å². The summed E-state index contributed by atoms with van der Waals surface area (Å²) < 4.78 is 0. The predicted octanol–water partition coefficient (Wildman–Crippen LogP) is 1.20. The molecule has 1 aromatic rings. The molecule has 0 saturated carbocycles. The summed E-state index contributed by atoms with van der Waals surface area (Å²) in [7, 11) is 0. The third-order valence-electron chi connectivity index (χ3n) is 2.75. The van der Waals surface area contributed by atoms with Crippen LogP contribution in [-0.4, -0.2) is 46.6 Å². The molecule has 2 amide bonds. The first-order valence-corrected chi connectivity index (χ1v) is 7.45. The topological polar surface area (TPSA) is 101 Å². The zero-order valence-electron chi connectivity index (χ0n) is 11.7. The van der Waals surface area contributed by atoms with Crippen molar-refractivity contribution in [2.75, 3.05) is 18.8 Å². The molecule has 0 spiro atoms. The third kappa shape index (κ3) is 5.47. The number of nitrogens with two attached hydrogens (primary N) is 1.